The van der Waals surface area contributed by atoms with E-state index in [-0.39, 0.29) is 25.0 Å². The molecule has 2 aromatic rings. The number of nitrogens with one attached hydrogen (secondary N) is 2. The van der Waals surface area contributed by atoms with Crippen molar-refractivity contribution in [3.05, 3.63) is 54.6 Å². The molecule has 1 unspecified atom stereocenters. The Balaban J connectivity index is 1.91. The Labute approximate surface area is 192 Å². The van der Waals surface area contributed by atoms with E-state index in [1.54, 1.807) is 55.3 Å². The summed E-state index contributed by atoms with van der Waals surface area (Å²) < 4.78 is 10.6. The van der Waals surface area contributed by atoms with E-state index in [0.717, 1.165) is 0 Å². The molecule has 32 heavy (non-hydrogen) atoms. The van der Waals surface area contributed by atoms with Crippen molar-refractivity contribution in [1.29, 1.82) is 0 Å². The molecule has 0 heterocycles. The van der Waals surface area contributed by atoms with Crippen LogP contribution < -0.4 is 20.1 Å². The number of amides is 3. The minimum absolute atomic E-state index is 0.151. The van der Waals surface area contributed by atoms with Gasteiger partial charge >= 0.3 is 0 Å². The number of hydrogen-bond donors (Lipinski definition) is 2. The SMILES string of the molecule is COc1cccc(NC(=O)CN(C)C(=O)C(CCSC)NC(=O)COc2ccccc2)c1. The highest BCUT2D eigenvalue weighted by Crippen LogP contribution is 2.16. The van der Waals surface area contributed by atoms with Gasteiger partial charge in [-0.05, 0) is 42.7 Å². The van der Waals surface area contributed by atoms with E-state index in [4.69, 9.17) is 9.47 Å². The summed E-state index contributed by atoms with van der Waals surface area (Å²) in [6.45, 7) is -0.352. The Hall–Kier alpha value is -3.20. The van der Waals surface area contributed by atoms with Crippen molar-refractivity contribution in [3.8, 4) is 11.5 Å². The van der Waals surface area contributed by atoms with Crippen LogP contribution in [0.15, 0.2) is 54.6 Å². The molecule has 0 aliphatic rings. The average molecular weight is 460 g/mol. The van der Waals surface area contributed by atoms with Gasteiger partial charge < -0.3 is 25.0 Å². The lowest BCUT2D eigenvalue weighted by Gasteiger charge is -2.24. The molecule has 0 aliphatic heterocycles. The molecule has 0 saturated heterocycles. The molecule has 0 saturated carbocycles. The molecule has 2 rings (SSSR count). The first-order valence-electron chi connectivity index (χ1n) is 10.1. The summed E-state index contributed by atoms with van der Waals surface area (Å²) in [5, 5.41) is 5.46. The monoisotopic (exact) mass is 459 g/mol. The topological polar surface area (TPSA) is 97.0 Å². The Morgan fingerprint density at radius 3 is 2.44 bits per heavy atom. The number of para-hydroxylation sites is 1. The third-order valence-corrected chi connectivity index (χ3v) is 5.11. The number of anilines is 1. The number of nitrogens with zero attached hydrogens (tertiary/aromatic N) is 1. The lowest BCUT2D eigenvalue weighted by molar-refractivity contribution is -0.137. The van der Waals surface area contributed by atoms with Gasteiger partial charge in [0.1, 0.15) is 17.5 Å². The molecule has 0 fully saturated rings. The smallest absolute Gasteiger partial charge is 0.258 e. The summed E-state index contributed by atoms with van der Waals surface area (Å²) in [6.07, 6.45) is 2.37. The van der Waals surface area contributed by atoms with Gasteiger partial charge in [0.2, 0.25) is 11.8 Å². The van der Waals surface area contributed by atoms with E-state index in [1.165, 1.54) is 11.9 Å². The van der Waals surface area contributed by atoms with E-state index in [9.17, 15) is 14.4 Å². The first kappa shape index (κ1) is 25.1. The molecule has 0 spiro atoms. The van der Waals surface area contributed by atoms with Gasteiger partial charge in [0.05, 0.1) is 13.7 Å². The van der Waals surface area contributed by atoms with Crippen LogP contribution in [0.5, 0.6) is 11.5 Å². The highest BCUT2D eigenvalue weighted by molar-refractivity contribution is 7.98. The van der Waals surface area contributed by atoms with Crippen molar-refractivity contribution >= 4 is 35.2 Å². The Bertz CT molecular complexity index is 894. The minimum atomic E-state index is -0.746. The molecule has 0 bridgehead atoms. The number of likely N-dealkylation sites (N-methyl/N-ethyl adjacent to an activating group) is 1. The van der Waals surface area contributed by atoms with Gasteiger partial charge in [-0.15, -0.1) is 0 Å². The van der Waals surface area contributed by atoms with Gasteiger partial charge in [0.25, 0.3) is 5.91 Å². The summed E-state index contributed by atoms with van der Waals surface area (Å²) in [7, 11) is 3.08. The number of rotatable bonds is 12. The van der Waals surface area contributed by atoms with Crippen molar-refractivity contribution < 1.29 is 23.9 Å². The molecule has 0 aliphatic carbocycles. The maximum atomic E-state index is 12.9. The first-order valence-corrected chi connectivity index (χ1v) is 11.5. The van der Waals surface area contributed by atoms with Crippen molar-refractivity contribution in [2.75, 3.05) is 44.6 Å². The number of methoxy groups -OCH3 is 1. The standard InChI is InChI=1S/C23H29N3O5S/c1-26(15-21(27)24-17-8-7-11-19(14-17)30-2)23(29)20(12-13-32-3)25-22(28)16-31-18-9-5-4-6-10-18/h4-11,14,20H,12-13,15-16H2,1-3H3,(H,24,27)(H,25,28). The van der Waals surface area contributed by atoms with Crippen molar-refractivity contribution in [2.24, 2.45) is 0 Å². The molecule has 1 atom stereocenters. The number of benzene rings is 2. The average Bonchev–Trinajstić information content (AvgIpc) is 2.80. The Kier molecular flexibility index (Phi) is 10.4. The van der Waals surface area contributed by atoms with Crippen LogP contribution in [0.25, 0.3) is 0 Å². The second kappa shape index (κ2) is 13.3. The van der Waals surface area contributed by atoms with Crippen LogP contribution >= 0.6 is 11.8 Å². The normalized spacial score (nSPS) is 11.2. The number of carbonyl (C=O) groups is 3. The van der Waals surface area contributed by atoms with Crippen LogP contribution in [0.1, 0.15) is 6.42 Å². The maximum absolute atomic E-state index is 12.9. The minimum Gasteiger partial charge on any atom is -0.497 e. The van der Waals surface area contributed by atoms with Gasteiger partial charge in [0.15, 0.2) is 6.61 Å². The van der Waals surface area contributed by atoms with Crippen LogP contribution in [-0.2, 0) is 14.4 Å². The fourth-order valence-electron chi connectivity index (χ4n) is 2.86. The van der Waals surface area contributed by atoms with E-state index in [2.05, 4.69) is 10.6 Å². The van der Waals surface area contributed by atoms with Crippen molar-refractivity contribution in [1.82, 2.24) is 10.2 Å². The summed E-state index contributed by atoms with van der Waals surface area (Å²) >= 11 is 1.57. The quantitative estimate of drug-likeness (QED) is 0.506. The maximum Gasteiger partial charge on any atom is 0.258 e. The van der Waals surface area contributed by atoms with Crippen molar-refractivity contribution in [3.63, 3.8) is 0 Å². The molecule has 0 radical (unpaired) electrons. The molecular formula is C23H29N3O5S. The van der Waals surface area contributed by atoms with Gasteiger partial charge in [0, 0.05) is 18.8 Å². The van der Waals surface area contributed by atoms with Crippen LogP contribution in [0.3, 0.4) is 0 Å². The first-order chi connectivity index (χ1) is 15.4. The fraction of sp³-hybridized carbons (Fsp3) is 0.348. The molecule has 8 nitrogen and oxygen atoms in total. The fourth-order valence-corrected chi connectivity index (χ4v) is 3.33. The lowest BCUT2D eigenvalue weighted by Crippen LogP contribution is -2.50. The van der Waals surface area contributed by atoms with Crippen LogP contribution in [0, 0.1) is 0 Å². The highest BCUT2D eigenvalue weighted by Gasteiger charge is 2.25. The molecule has 9 heteroatoms. The predicted molar refractivity (Wildman–Crippen MR) is 126 cm³/mol. The van der Waals surface area contributed by atoms with Gasteiger partial charge in [-0.3, -0.25) is 14.4 Å². The van der Waals surface area contributed by atoms with Crippen molar-refractivity contribution in [2.45, 2.75) is 12.5 Å². The van der Waals surface area contributed by atoms with Crippen LogP contribution in [0.2, 0.25) is 0 Å². The van der Waals surface area contributed by atoms with Gasteiger partial charge in [-0.25, -0.2) is 0 Å². The lowest BCUT2D eigenvalue weighted by atomic mass is 10.2. The third kappa shape index (κ3) is 8.50. The number of hydrogen-bond acceptors (Lipinski definition) is 6. The van der Waals surface area contributed by atoms with Gasteiger partial charge in [-0.1, -0.05) is 24.3 Å². The molecular weight excluding hydrogens is 430 g/mol. The zero-order chi connectivity index (χ0) is 23.3. The Morgan fingerprint density at radius 2 is 1.75 bits per heavy atom. The molecule has 0 aromatic heterocycles. The molecule has 172 valence electrons. The summed E-state index contributed by atoms with van der Waals surface area (Å²) in [6, 6.07) is 15.2. The molecule has 2 N–H and O–H groups in total. The summed E-state index contributed by atoms with van der Waals surface area (Å²) in [5.74, 6) is 0.776. The third-order valence-electron chi connectivity index (χ3n) is 4.47. The number of carbonyl (C=O) groups excluding carboxylic acids is 3. The van der Waals surface area contributed by atoms with Crippen LogP contribution in [-0.4, -0.2) is 68.0 Å². The Morgan fingerprint density at radius 1 is 1.03 bits per heavy atom. The van der Waals surface area contributed by atoms with E-state index in [0.29, 0.717) is 29.4 Å². The molecule has 3 amide bonds. The second-order valence-electron chi connectivity index (χ2n) is 6.98. The van der Waals surface area contributed by atoms with Crippen LogP contribution in [0.4, 0.5) is 5.69 Å². The van der Waals surface area contributed by atoms with E-state index in [1.807, 2.05) is 24.5 Å². The largest absolute Gasteiger partial charge is 0.497 e. The van der Waals surface area contributed by atoms with E-state index < -0.39 is 11.9 Å². The zero-order valence-corrected chi connectivity index (χ0v) is 19.3. The second-order valence-corrected chi connectivity index (χ2v) is 7.96. The highest BCUT2D eigenvalue weighted by atomic mass is 32.2. The predicted octanol–water partition coefficient (Wildman–Crippen LogP) is 2.41. The van der Waals surface area contributed by atoms with E-state index >= 15 is 0 Å². The number of ether oxygens (including phenoxy) is 2. The van der Waals surface area contributed by atoms with Gasteiger partial charge in [-0.2, -0.15) is 11.8 Å². The molecule has 2 aromatic carbocycles. The number of thioether (sulfide) groups is 1. The summed E-state index contributed by atoms with van der Waals surface area (Å²) in [5.41, 5.74) is 0.570. The zero-order valence-electron chi connectivity index (χ0n) is 18.5. The summed E-state index contributed by atoms with van der Waals surface area (Å²) in [4.78, 5) is 38.9.